The number of hydrogen-bond acceptors (Lipinski definition) is 4. The van der Waals surface area contributed by atoms with Crippen LogP contribution in [0.3, 0.4) is 0 Å². The summed E-state index contributed by atoms with van der Waals surface area (Å²) >= 11 is 12.4. The number of benzene rings is 3. The lowest BCUT2D eigenvalue weighted by Crippen LogP contribution is -2.61. The predicted octanol–water partition coefficient (Wildman–Crippen LogP) is 6.41. The molecular weight excluding hydrogens is 577 g/mol. The monoisotopic (exact) mass is 603 g/mol. The summed E-state index contributed by atoms with van der Waals surface area (Å²) in [6.07, 6.45) is 1.20. The van der Waals surface area contributed by atoms with Crippen LogP contribution in [0.1, 0.15) is 57.7 Å². The highest BCUT2D eigenvalue weighted by Gasteiger charge is 2.51. The van der Waals surface area contributed by atoms with Crippen molar-refractivity contribution in [1.82, 2.24) is 20.4 Å². The van der Waals surface area contributed by atoms with Gasteiger partial charge in [-0.3, -0.25) is 14.7 Å². The summed E-state index contributed by atoms with van der Waals surface area (Å²) in [6, 6.07) is 20.5. The number of aromatic nitrogens is 2. The molecular formula is C31H27Cl2N5O4. The molecule has 2 aliphatic rings. The molecule has 1 saturated heterocycles. The molecule has 6 rings (SSSR count). The number of piperidine rings is 1. The summed E-state index contributed by atoms with van der Waals surface area (Å²) in [6.45, 7) is 2.20. The van der Waals surface area contributed by atoms with E-state index in [1.807, 2.05) is 31.2 Å². The molecule has 4 N–H and O–H groups in total. The third-order valence-electron chi connectivity index (χ3n) is 8.29. The van der Waals surface area contributed by atoms with Crippen LogP contribution in [0.5, 0.6) is 0 Å². The lowest BCUT2D eigenvalue weighted by atomic mass is 9.71. The quantitative estimate of drug-likeness (QED) is 0.209. The number of amides is 3. The van der Waals surface area contributed by atoms with Crippen molar-refractivity contribution < 1.29 is 19.5 Å². The minimum Gasteiger partial charge on any atom is -0.465 e. The van der Waals surface area contributed by atoms with Crippen LogP contribution in [-0.4, -0.2) is 56.2 Å². The van der Waals surface area contributed by atoms with Crippen LogP contribution in [0.25, 0.3) is 11.1 Å². The fourth-order valence-corrected chi connectivity index (χ4v) is 7.07. The highest BCUT2D eigenvalue weighted by atomic mass is 35.5. The molecule has 0 saturated carbocycles. The number of nitrogens with zero attached hydrogens (tertiary/aromatic N) is 2. The largest absolute Gasteiger partial charge is 0.465 e. The number of nitrogens with one attached hydrogen (secondary N) is 3. The lowest BCUT2D eigenvalue weighted by molar-refractivity contribution is 0.0356. The van der Waals surface area contributed by atoms with Crippen molar-refractivity contribution >= 4 is 46.8 Å². The number of carboxylic acid groups (broad SMARTS) is 1. The van der Waals surface area contributed by atoms with E-state index in [-0.39, 0.29) is 45.5 Å². The van der Waals surface area contributed by atoms with Gasteiger partial charge in [0, 0.05) is 24.7 Å². The van der Waals surface area contributed by atoms with Gasteiger partial charge < -0.3 is 20.6 Å². The van der Waals surface area contributed by atoms with Crippen molar-refractivity contribution in [2.45, 2.75) is 37.3 Å². The number of likely N-dealkylation sites (tertiary alicyclic amines) is 1. The van der Waals surface area contributed by atoms with Gasteiger partial charge in [-0.1, -0.05) is 77.8 Å². The number of halogens is 2. The van der Waals surface area contributed by atoms with Gasteiger partial charge in [-0.2, -0.15) is 5.10 Å². The maximum Gasteiger partial charge on any atom is 0.407 e. The molecule has 1 aromatic heterocycles. The van der Waals surface area contributed by atoms with Crippen molar-refractivity contribution in [3.63, 3.8) is 0 Å². The third kappa shape index (κ3) is 4.68. The number of anilines is 1. The van der Waals surface area contributed by atoms with Crippen molar-refractivity contribution in [1.29, 1.82) is 0 Å². The van der Waals surface area contributed by atoms with E-state index in [0.717, 1.165) is 22.3 Å². The maximum absolute atomic E-state index is 13.5. The maximum atomic E-state index is 13.5. The van der Waals surface area contributed by atoms with Crippen LogP contribution in [0.2, 0.25) is 10.0 Å². The van der Waals surface area contributed by atoms with E-state index in [9.17, 15) is 19.5 Å². The second kappa shape index (κ2) is 10.8. The molecule has 2 heterocycles. The third-order valence-corrected chi connectivity index (χ3v) is 8.92. The Labute approximate surface area is 251 Å². The van der Waals surface area contributed by atoms with E-state index in [0.29, 0.717) is 12.8 Å². The molecule has 2 unspecified atom stereocenters. The topological polar surface area (TPSA) is 127 Å². The van der Waals surface area contributed by atoms with Gasteiger partial charge in [0.1, 0.15) is 0 Å². The molecule has 1 aliphatic heterocycles. The summed E-state index contributed by atoms with van der Waals surface area (Å²) in [5.74, 6) is -1.30. The molecule has 9 nitrogen and oxygen atoms in total. The van der Waals surface area contributed by atoms with Gasteiger partial charge >= 0.3 is 6.09 Å². The second-order valence-corrected chi connectivity index (χ2v) is 11.6. The Bertz CT molecular complexity index is 1660. The van der Waals surface area contributed by atoms with Crippen LogP contribution in [0.4, 0.5) is 10.5 Å². The normalized spacial score (nSPS) is 19.6. The number of H-pyrrole nitrogens is 1. The molecule has 1 aliphatic carbocycles. The summed E-state index contributed by atoms with van der Waals surface area (Å²) in [5.41, 5.74) is 3.70. The Morgan fingerprint density at radius 2 is 1.57 bits per heavy atom. The van der Waals surface area contributed by atoms with Gasteiger partial charge in [0.2, 0.25) is 0 Å². The summed E-state index contributed by atoms with van der Waals surface area (Å²) in [7, 11) is 0. The lowest BCUT2D eigenvalue weighted by Gasteiger charge is -2.50. The van der Waals surface area contributed by atoms with Gasteiger partial charge in [0.25, 0.3) is 11.8 Å². The van der Waals surface area contributed by atoms with Crippen molar-refractivity contribution in [2.24, 2.45) is 0 Å². The number of carbonyl (C=O) groups excluding carboxylic acids is 2. The van der Waals surface area contributed by atoms with Crippen molar-refractivity contribution in [2.75, 3.05) is 11.9 Å². The minimum absolute atomic E-state index is 0.00884. The van der Waals surface area contributed by atoms with Gasteiger partial charge in [-0.25, -0.2) is 4.79 Å². The molecule has 0 bridgehead atoms. The Morgan fingerprint density at radius 1 is 0.952 bits per heavy atom. The number of hydrogen-bond donors (Lipinski definition) is 4. The van der Waals surface area contributed by atoms with E-state index in [4.69, 9.17) is 23.2 Å². The smallest absolute Gasteiger partial charge is 0.407 e. The average molecular weight is 604 g/mol. The Kier molecular flexibility index (Phi) is 7.16. The van der Waals surface area contributed by atoms with Gasteiger partial charge in [-0.05, 0) is 54.2 Å². The van der Waals surface area contributed by atoms with E-state index in [2.05, 4.69) is 45.1 Å². The number of fused-ring (bicyclic) bond motifs is 3. The molecule has 11 heteroatoms. The van der Waals surface area contributed by atoms with Crippen LogP contribution in [-0.2, 0) is 0 Å². The SMILES string of the molecule is CC1(C2c3ccccc3-c3ccccc32)CC(NC(=O)c2n[nH]cc2NC(=O)c2c(Cl)cccc2Cl)CCN1C(=O)O. The van der Waals surface area contributed by atoms with Gasteiger partial charge in [0.05, 0.1) is 26.8 Å². The first-order valence-corrected chi connectivity index (χ1v) is 14.2. The minimum atomic E-state index is -1.00. The zero-order chi connectivity index (χ0) is 29.6. The first kappa shape index (κ1) is 27.8. The highest BCUT2D eigenvalue weighted by molar-refractivity contribution is 6.40. The van der Waals surface area contributed by atoms with E-state index < -0.39 is 23.4 Å². The molecule has 3 amide bonds. The van der Waals surface area contributed by atoms with Gasteiger partial charge in [-0.15, -0.1) is 0 Å². The molecule has 0 spiro atoms. The molecule has 42 heavy (non-hydrogen) atoms. The van der Waals surface area contributed by atoms with Crippen LogP contribution in [0, 0.1) is 0 Å². The van der Waals surface area contributed by atoms with Crippen molar-refractivity contribution in [3.05, 3.63) is 105 Å². The average Bonchev–Trinajstić information content (AvgIpc) is 3.55. The van der Waals surface area contributed by atoms with E-state index in [1.165, 1.54) is 11.1 Å². The summed E-state index contributed by atoms with van der Waals surface area (Å²) in [5, 5.41) is 23.0. The summed E-state index contributed by atoms with van der Waals surface area (Å²) < 4.78 is 0. The van der Waals surface area contributed by atoms with Crippen molar-refractivity contribution in [3.8, 4) is 11.1 Å². The molecule has 1 fully saturated rings. The second-order valence-electron chi connectivity index (χ2n) is 10.8. The zero-order valence-corrected chi connectivity index (χ0v) is 24.0. The van der Waals surface area contributed by atoms with Gasteiger partial charge in [0.15, 0.2) is 5.69 Å². The van der Waals surface area contributed by atoms with Crippen LogP contribution >= 0.6 is 23.2 Å². The summed E-state index contributed by atoms with van der Waals surface area (Å²) in [4.78, 5) is 40.5. The first-order valence-electron chi connectivity index (χ1n) is 13.5. The fraction of sp³-hybridized carbons (Fsp3) is 0.226. The van der Waals surface area contributed by atoms with E-state index in [1.54, 1.807) is 18.2 Å². The molecule has 2 atom stereocenters. The Balaban J connectivity index is 1.26. The zero-order valence-electron chi connectivity index (χ0n) is 22.5. The highest BCUT2D eigenvalue weighted by Crippen LogP contribution is 2.53. The molecule has 3 aromatic carbocycles. The molecule has 4 aromatic rings. The first-order chi connectivity index (χ1) is 20.2. The Morgan fingerprint density at radius 3 is 2.19 bits per heavy atom. The standard InChI is InChI=1S/C31H27Cl2N5O4/c1-31(26-20-9-4-2-7-18(20)19-8-3-5-10-21(19)26)15-17(13-14-38(31)30(41)42)35-29(40)27-24(16-34-37-27)36-28(39)25-22(32)11-6-12-23(25)33/h2-12,16-17,26H,13-15H2,1H3,(H,34,37)(H,35,40)(H,36,39)(H,41,42). The number of aromatic amines is 1. The van der Waals surface area contributed by atoms with Crippen LogP contribution in [0.15, 0.2) is 72.9 Å². The van der Waals surface area contributed by atoms with E-state index >= 15 is 0 Å². The Hall–Kier alpha value is -4.34. The fourth-order valence-electron chi connectivity index (χ4n) is 6.50. The predicted molar refractivity (Wildman–Crippen MR) is 160 cm³/mol. The number of rotatable bonds is 5. The van der Waals surface area contributed by atoms with Crippen LogP contribution < -0.4 is 10.6 Å². The molecule has 0 radical (unpaired) electrons. The number of carbonyl (C=O) groups is 3. The molecule has 214 valence electrons.